The average Bonchev–Trinajstić information content (AvgIpc) is 2.28. The maximum absolute atomic E-state index is 12.5. The SMILES string of the molecule is O=C1CC(C(F)(F)F)=NC(c2ccccc2)=N1. The van der Waals surface area contributed by atoms with Crippen molar-refractivity contribution in [2.24, 2.45) is 9.98 Å². The molecule has 0 saturated carbocycles. The van der Waals surface area contributed by atoms with E-state index in [0.717, 1.165) is 0 Å². The number of halogens is 3. The highest BCUT2D eigenvalue weighted by Crippen LogP contribution is 2.23. The molecule has 1 heterocycles. The van der Waals surface area contributed by atoms with E-state index in [1.165, 1.54) is 0 Å². The van der Waals surface area contributed by atoms with Gasteiger partial charge in [0.1, 0.15) is 5.71 Å². The molecule has 1 aliphatic rings. The summed E-state index contributed by atoms with van der Waals surface area (Å²) in [5, 5.41) is 0. The van der Waals surface area contributed by atoms with E-state index in [9.17, 15) is 18.0 Å². The Bertz CT molecular complexity index is 503. The van der Waals surface area contributed by atoms with E-state index in [2.05, 4.69) is 9.98 Å². The van der Waals surface area contributed by atoms with Crippen molar-refractivity contribution in [1.82, 2.24) is 0 Å². The minimum atomic E-state index is -4.59. The Morgan fingerprint density at radius 2 is 1.71 bits per heavy atom. The number of carbonyl (C=O) groups is 1. The van der Waals surface area contributed by atoms with Crippen molar-refractivity contribution >= 4 is 17.5 Å². The lowest BCUT2D eigenvalue weighted by Crippen LogP contribution is -2.29. The topological polar surface area (TPSA) is 41.8 Å². The second kappa shape index (κ2) is 4.12. The number of alkyl halides is 3. The summed E-state index contributed by atoms with van der Waals surface area (Å²) in [7, 11) is 0. The quantitative estimate of drug-likeness (QED) is 0.742. The Balaban J connectivity index is 2.42. The van der Waals surface area contributed by atoms with E-state index >= 15 is 0 Å². The third kappa shape index (κ3) is 2.58. The van der Waals surface area contributed by atoms with Crippen LogP contribution in [0.15, 0.2) is 40.3 Å². The highest BCUT2D eigenvalue weighted by molar-refractivity contribution is 6.20. The van der Waals surface area contributed by atoms with Gasteiger partial charge in [0.2, 0.25) is 0 Å². The zero-order valence-corrected chi connectivity index (χ0v) is 8.53. The van der Waals surface area contributed by atoms with Gasteiger partial charge in [-0.05, 0) is 0 Å². The molecule has 88 valence electrons. The summed E-state index contributed by atoms with van der Waals surface area (Å²) in [5.41, 5.74) is -0.710. The van der Waals surface area contributed by atoms with Crippen molar-refractivity contribution in [3.05, 3.63) is 35.9 Å². The van der Waals surface area contributed by atoms with Crippen molar-refractivity contribution in [3.8, 4) is 0 Å². The van der Waals surface area contributed by atoms with Crippen LogP contribution >= 0.6 is 0 Å². The molecule has 0 spiro atoms. The first kappa shape index (κ1) is 11.5. The monoisotopic (exact) mass is 240 g/mol. The Labute approximate surface area is 94.7 Å². The van der Waals surface area contributed by atoms with E-state index in [0.29, 0.717) is 5.56 Å². The summed E-state index contributed by atoms with van der Waals surface area (Å²) in [6.45, 7) is 0. The number of amidine groups is 1. The van der Waals surface area contributed by atoms with Crippen LogP contribution in [0.5, 0.6) is 0 Å². The molecule has 0 bridgehead atoms. The minimum Gasteiger partial charge on any atom is -0.272 e. The molecule has 0 unspecified atom stereocenters. The largest absolute Gasteiger partial charge is 0.430 e. The van der Waals surface area contributed by atoms with E-state index < -0.39 is 24.2 Å². The zero-order chi connectivity index (χ0) is 12.5. The van der Waals surface area contributed by atoms with Crippen LogP contribution < -0.4 is 0 Å². The van der Waals surface area contributed by atoms with E-state index in [-0.39, 0.29) is 5.84 Å². The molecule has 0 N–H and O–H groups in total. The zero-order valence-electron chi connectivity index (χ0n) is 8.53. The second-order valence-corrected chi connectivity index (χ2v) is 3.43. The molecule has 0 saturated heterocycles. The Hall–Kier alpha value is -1.98. The lowest BCUT2D eigenvalue weighted by molar-refractivity contribution is -0.118. The van der Waals surface area contributed by atoms with Crippen LogP contribution in [0.25, 0.3) is 0 Å². The van der Waals surface area contributed by atoms with Gasteiger partial charge in [-0.3, -0.25) is 4.79 Å². The summed E-state index contributed by atoms with van der Waals surface area (Å²) in [6.07, 6.45) is -5.38. The maximum atomic E-state index is 12.5. The first-order chi connectivity index (χ1) is 7.97. The van der Waals surface area contributed by atoms with Crippen LogP contribution in [-0.2, 0) is 4.79 Å². The Morgan fingerprint density at radius 1 is 1.06 bits per heavy atom. The molecule has 0 aromatic heterocycles. The predicted molar refractivity (Wildman–Crippen MR) is 56.1 cm³/mol. The van der Waals surface area contributed by atoms with Gasteiger partial charge in [-0.2, -0.15) is 18.2 Å². The highest BCUT2D eigenvalue weighted by atomic mass is 19.4. The first-order valence-corrected chi connectivity index (χ1v) is 4.78. The molecule has 1 amide bonds. The van der Waals surface area contributed by atoms with Crippen molar-refractivity contribution in [2.45, 2.75) is 12.6 Å². The Kier molecular flexibility index (Phi) is 2.79. The molecule has 3 nitrogen and oxygen atoms in total. The molecule has 0 radical (unpaired) electrons. The molecule has 1 aromatic rings. The molecule has 6 heteroatoms. The molecule has 1 aliphatic heterocycles. The molecular weight excluding hydrogens is 233 g/mol. The number of nitrogens with zero attached hydrogens (tertiary/aromatic N) is 2. The lowest BCUT2D eigenvalue weighted by Gasteiger charge is -2.13. The summed E-state index contributed by atoms with van der Waals surface area (Å²) in [6, 6.07) is 8.09. The van der Waals surface area contributed by atoms with Crippen molar-refractivity contribution in [3.63, 3.8) is 0 Å². The summed E-state index contributed by atoms with van der Waals surface area (Å²) >= 11 is 0. The third-order valence-corrected chi connectivity index (χ3v) is 2.15. The molecule has 0 aliphatic carbocycles. The normalized spacial score (nSPS) is 16.5. The fourth-order valence-electron chi connectivity index (χ4n) is 1.37. The van der Waals surface area contributed by atoms with Crippen LogP contribution in [0.1, 0.15) is 12.0 Å². The lowest BCUT2D eigenvalue weighted by atomic mass is 10.1. The van der Waals surface area contributed by atoms with Crippen LogP contribution in [0, 0.1) is 0 Å². The maximum Gasteiger partial charge on any atom is 0.430 e. The van der Waals surface area contributed by atoms with Gasteiger partial charge < -0.3 is 0 Å². The number of benzene rings is 1. The molecule has 0 atom stereocenters. The average molecular weight is 240 g/mol. The van der Waals surface area contributed by atoms with E-state index in [4.69, 9.17) is 0 Å². The fourth-order valence-corrected chi connectivity index (χ4v) is 1.37. The van der Waals surface area contributed by atoms with Crippen LogP contribution in [0.2, 0.25) is 0 Å². The minimum absolute atomic E-state index is 0.186. The highest BCUT2D eigenvalue weighted by Gasteiger charge is 2.38. The number of aliphatic imine (C=N–C) groups is 2. The smallest absolute Gasteiger partial charge is 0.272 e. The number of carbonyl (C=O) groups excluding carboxylic acids is 1. The number of amides is 1. The van der Waals surface area contributed by atoms with Crippen molar-refractivity contribution in [2.75, 3.05) is 0 Å². The van der Waals surface area contributed by atoms with Crippen LogP contribution in [-0.4, -0.2) is 23.6 Å². The second-order valence-electron chi connectivity index (χ2n) is 3.43. The first-order valence-electron chi connectivity index (χ1n) is 4.78. The summed E-state index contributed by atoms with van der Waals surface area (Å²) < 4.78 is 37.4. The number of hydrogen-bond acceptors (Lipinski definition) is 2. The molecule has 2 rings (SSSR count). The summed E-state index contributed by atoms with van der Waals surface area (Å²) in [4.78, 5) is 18.0. The van der Waals surface area contributed by atoms with Gasteiger partial charge in [0.25, 0.3) is 5.91 Å². The van der Waals surface area contributed by atoms with Crippen LogP contribution in [0.3, 0.4) is 0 Å². The standard InChI is InChI=1S/C11H7F3N2O/c12-11(13,14)8-6-9(17)16-10(15-8)7-4-2-1-3-5-7/h1-5H,6H2. The van der Waals surface area contributed by atoms with Gasteiger partial charge in [-0.1, -0.05) is 30.3 Å². The number of rotatable bonds is 1. The molecule has 1 aromatic carbocycles. The predicted octanol–water partition coefficient (Wildman–Crippen LogP) is 2.37. The molecule has 17 heavy (non-hydrogen) atoms. The molecule has 0 fully saturated rings. The van der Waals surface area contributed by atoms with Crippen LogP contribution in [0.4, 0.5) is 13.2 Å². The van der Waals surface area contributed by atoms with E-state index in [1.54, 1.807) is 30.3 Å². The van der Waals surface area contributed by atoms with Gasteiger partial charge in [0.15, 0.2) is 5.84 Å². The summed E-state index contributed by atoms with van der Waals surface area (Å²) in [5.74, 6) is -1.01. The van der Waals surface area contributed by atoms with E-state index in [1.807, 2.05) is 0 Å². The van der Waals surface area contributed by atoms with Gasteiger partial charge in [0, 0.05) is 5.56 Å². The van der Waals surface area contributed by atoms with Gasteiger partial charge in [-0.25, -0.2) is 4.99 Å². The fraction of sp³-hybridized carbons (Fsp3) is 0.182. The molecular formula is C11H7F3N2O. The Morgan fingerprint density at radius 3 is 2.29 bits per heavy atom. The van der Waals surface area contributed by atoms with Crippen molar-refractivity contribution in [1.29, 1.82) is 0 Å². The van der Waals surface area contributed by atoms with Gasteiger partial charge in [0.05, 0.1) is 6.42 Å². The number of hydrogen-bond donors (Lipinski definition) is 0. The third-order valence-electron chi connectivity index (χ3n) is 2.15. The van der Waals surface area contributed by atoms with Gasteiger partial charge >= 0.3 is 6.18 Å². The van der Waals surface area contributed by atoms with Gasteiger partial charge in [-0.15, -0.1) is 0 Å². The van der Waals surface area contributed by atoms with Crippen molar-refractivity contribution < 1.29 is 18.0 Å².